The summed E-state index contributed by atoms with van der Waals surface area (Å²) < 4.78 is 7.17. The van der Waals surface area contributed by atoms with Crippen LogP contribution >= 0.6 is 0 Å². The van der Waals surface area contributed by atoms with Gasteiger partial charge in [-0.3, -0.25) is 4.79 Å². The molecule has 1 aliphatic rings. The highest BCUT2D eigenvalue weighted by Gasteiger charge is 2.19. The smallest absolute Gasteiger partial charge is 0.353 e. The number of H-pyrrole nitrogens is 1. The molecule has 1 aliphatic heterocycles. The van der Waals surface area contributed by atoms with E-state index >= 15 is 0 Å². The van der Waals surface area contributed by atoms with E-state index in [0.717, 1.165) is 33.6 Å². The topological polar surface area (TPSA) is 94.6 Å². The number of phenolic OH excluding ortho intramolecular Hbond substituents is 1. The summed E-state index contributed by atoms with van der Waals surface area (Å²) >= 11 is 0. The van der Waals surface area contributed by atoms with E-state index in [0.29, 0.717) is 43.6 Å². The van der Waals surface area contributed by atoms with Crippen LogP contribution in [-0.2, 0) is 4.74 Å². The van der Waals surface area contributed by atoms with Crippen molar-refractivity contribution in [2.24, 2.45) is 0 Å². The average molecular weight is 445 g/mol. The Kier molecular flexibility index (Phi) is 5.43. The van der Waals surface area contributed by atoms with Crippen molar-refractivity contribution in [1.82, 2.24) is 15.0 Å². The van der Waals surface area contributed by atoms with Gasteiger partial charge in [-0.25, -0.2) is 0 Å². The Labute approximate surface area is 191 Å². The van der Waals surface area contributed by atoms with E-state index in [2.05, 4.69) is 15.4 Å². The fourth-order valence-electron chi connectivity index (χ4n) is 4.06. The number of amides is 1. The number of carbonyl (C=O) groups is 1. The number of aromatic nitrogens is 3. The second-order valence-electron chi connectivity index (χ2n) is 8.28. The summed E-state index contributed by atoms with van der Waals surface area (Å²) in [6, 6.07) is 15.3. The summed E-state index contributed by atoms with van der Waals surface area (Å²) in [6.45, 7) is 6.22. The zero-order chi connectivity index (χ0) is 22.9. The van der Waals surface area contributed by atoms with Gasteiger partial charge in [-0.05, 0) is 73.0 Å². The van der Waals surface area contributed by atoms with Crippen molar-refractivity contribution < 1.29 is 19.2 Å². The van der Waals surface area contributed by atoms with E-state index in [1.54, 1.807) is 0 Å². The van der Waals surface area contributed by atoms with Crippen LogP contribution in [-0.4, -0.2) is 52.3 Å². The monoisotopic (exact) mass is 444 g/mol. The maximum Gasteiger partial charge on any atom is 0.353 e. The lowest BCUT2D eigenvalue weighted by molar-refractivity contribution is -0.575. The van der Waals surface area contributed by atoms with Gasteiger partial charge in [0.1, 0.15) is 11.9 Å². The number of morpholine rings is 1. The molecule has 3 heterocycles. The van der Waals surface area contributed by atoms with Crippen LogP contribution in [0.25, 0.3) is 16.8 Å². The van der Waals surface area contributed by atoms with E-state index in [1.807, 2.05) is 78.0 Å². The molecule has 3 N–H and O–H groups in total. The van der Waals surface area contributed by atoms with E-state index in [1.165, 1.54) is 0 Å². The molecular weight excluding hydrogens is 418 g/mol. The highest BCUT2D eigenvalue weighted by Crippen LogP contribution is 2.28. The number of pyridine rings is 1. The molecule has 33 heavy (non-hydrogen) atoms. The molecular formula is C25H26N5O3+. The normalized spacial score (nSPS) is 13.9. The highest BCUT2D eigenvalue weighted by molar-refractivity contribution is 5.94. The second kappa shape index (κ2) is 8.55. The number of hydrogen-bond donors (Lipinski definition) is 3. The van der Waals surface area contributed by atoms with Crippen LogP contribution in [0.5, 0.6) is 5.75 Å². The number of hydrogen-bond acceptors (Lipinski definition) is 5. The van der Waals surface area contributed by atoms with Crippen molar-refractivity contribution in [2.75, 3.05) is 31.6 Å². The van der Waals surface area contributed by atoms with Crippen molar-refractivity contribution in [3.8, 4) is 16.9 Å². The molecule has 4 aromatic rings. The van der Waals surface area contributed by atoms with Crippen LogP contribution in [0.2, 0.25) is 0 Å². The summed E-state index contributed by atoms with van der Waals surface area (Å²) in [4.78, 5) is 19.0. The number of aryl methyl sites for hydroxylation is 2. The number of phenols is 1. The summed E-state index contributed by atoms with van der Waals surface area (Å²) in [5.41, 5.74) is 5.99. The molecule has 2 aromatic carbocycles. The summed E-state index contributed by atoms with van der Waals surface area (Å²) in [6.07, 6.45) is 1.98. The summed E-state index contributed by atoms with van der Waals surface area (Å²) in [7, 11) is 0. The highest BCUT2D eigenvalue weighted by atomic mass is 16.5. The molecule has 0 atom stereocenters. The Morgan fingerprint density at radius 2 is 1.76 bits per heavy atom. The van der Waals surface area contributed by atoms with Crippen LogP contribution in [0.4, 0.5) is 11.6 Å². The van der Waals surface area contributed by atoms with Crippen LogP contribution in [0.15, 0.2) is 54.7 Å². The van der Waals surface area contributed by atoms with Gasteiger partial charge in [0.2, 0.25) is 0 Å². The first-order valence-corrected chi connectivity index (χ1v) is 10.9. The first-order chi connectivity index (χ1) is 16.0. The van der Waals surface area contributed by atoms with E-state index in [9.17, 15) is 9.90 Å². The fourth-order valence-corrected chi connectivity index (χ4v) is 4.06. The molecule has 168 valence electrons. The largest absolute Gasteiger partial charge is 0.507 e. The molecule has 5 rings (SSSR count). The Bertz CT molecular complexity index is 1300. The summed E-state index contributed by atoms with van der Waals surface area (Å²) in [5, 5.41) is 16.5. The second-order valence-corrected chi connectivity index (χ2v) is 8.28. The van der Waals surface area contributed by atoms with Crippen molar-refractivity contribution >= 4 is 23.2 Å². The molecule has 1 fully saturated rings. The zero-order valence-corrected chi connectivity index (χ0v) is 18.6. The number of aromatic amines is 1. The number of aromatic hydroxyl groups is 1. The first-order valence-electron chi connectivity index (χ1n) is 10.9. The molecule has 0 radical (unpaired) electrons. The van der Waals surface area contributed by atoms with Gasteiger partial charge in [0.25, 0.3) is 5.91 Å². The Morgan fingerprint density at radius 3 is 2.45 bits per heavy atom. The van der Waals surface area contributed by atoms with Crippen molar-refractivity contribution in [3.05, 3.63) is 71.4 Å². The maximum absolute atomic E-state index is 12.6. The Balaban J connectivity index is 1.34. The third-order valence-corrected chi connectivity index (χ3v) is 5.90. The molecule has 0 saturated carbocycles. The lowest BCUT2D eigenvalue weighted by Gasteiger charge is -2.26. The third-order valence-electron chi connectivity index (χ3n) is 5.90. The van der Waals surface area contributed by atoms with Gasteiger partial charge >= 0.3 is 11.6 Å². The predicted molar refractivity (Wildman–Crippen MR) is 125 cm³/mol. The molecule has 0 aliphatic carbocycles. The third kappa shape index (κ3) is 4.25. The van der Waals surface area contributed by atoms with Crippen LogP contribution in [0.3, 0.4) is 0 Å². The molecule has 1 amide bonds. The van der Waals surface area contributed by atoms with Gasteiger partial charge in [0, 0.05) is 41.0 Å². The van der Waals surface area contributed by atoms with E-state index in [-0.39, 0.29) is 5.91 Å². The lowest BCUT2D eigenvalue weighted by atomic mass is 10.0. The minimum Gasteiger partial charge on any atom is -0.507 e. The van der Waals surface area contributed by atoms with Gasteiger partial charge in [0.15, 0.2) is 0 Å². The number of fused-ring (bicyclic) bond motifs is 1. The van der Waals surface area contributed by atoms with Crippen LogP contribution in [0.1, 0.15) is 21.5 Å². The molecule has 2 aromatic heterocycles. The van der Waals surface area contributed by atoms with Gasteiger partial charge in [-0.15, -0.1) is 4.52 Å². The van der Waals surface area contributed by atoms with Crippen molar-refractivity contribution in [1.29, 1.82) is 0 Å². The number of nitrogens with zero attached hydrogens (tertiary/aromatic N) is 3. The maximum atomic E-state index is 12.6. The van der Waals surface area contributed by atoms with Crippen LogP contribution in [0, 0.1) is 13.8 Å². The van der Waals surface area contributed by atoms with Crippen molar-refractivity contribution in [2.45, 2.75) is 13.8 Å². The number of rotatable bonds is 4. The Hall–Kier alpha value is -3.91. The number of carbonyl (C=O) groups excluding carboxylic acids is 1. The zero-order valence-electron chi connectivity index (χ0n) is 18.6. The van der Waals surface area contributed by atoms with Gasteiger partial charge in [-0.2, -0.15) is 5.10 Å². The molecule has 1 saturated heterocycles. The molecule has 8 nitrogen and oxygen atoms in total. The molecule has 8 heteroatoms. The average Bonchev–Trinajstić information content (AvgIpc) is 3.24. The molecule has 0 spiro atoms. The van der Waals surface area contributed by atoms with Gasteiger partial charge in [-0.1, -0.05) is 0 Å². The van der Waals surface area contributed by atoms with Crippen molar-refractivity contribution in [3.63, 3.8) is 0 Å². The standard InChI is InChI=1S/C25H25N5O3/c1-16-13-20(14-17(2)23(16)31)19-5-8-22-27-25(28-30(22)15-19)26-21-6-3-18(4-7-21)24(32)29-9-11-33-12-10-29/h3-8,13-15H,9-12H2,1-2H3,(H2,26,28,31,32)/p+1. The lowest BCUT2D eigenvalue weighted by Crippen LogP contribution is -2.40. The van der Waals surface area contributed by atoms with E-state index < -0.39 is 0 Å². The minimum atomic E-state index is 0.0244. The van der Waals surface area contributed by atoms with Gasteiger partial charge in [0.05, 0.1) is 13.2 Å². The Morgan fingerprint density at radius 1 is 1.06 bits per heavy atom. The number of ether oxygens (including phenoxy) is 1. The molecule has 0 unspecified atom stereocenters. The van der Waals surface area contributed by atoms with Gasteiger partial charge < -0.3 is 20.1 Å². The number of anilines is 2. The number of nitrogens with one attached hydrogen (secondary N) is 2. The van der Waals surface area contributed by atoms with E-state index in [4.69, 9.17) is 4.74 Å². The van der Waals surface area contributed by atoms with Crippen LogP contribution < -0.4 is 9.83 Å². The SMILES string of the molecule is Cc1cc(-c2ccc3nc(Nc4ccc(C(=O)N5CCOCC5)cc4)[nH][n+]3c2)cc(C)c1O. The number of benzene rings is 2. The quantitative estimate of drug-likeness (QED) is 0.420. The molecule has 0 bridgehead atoms. The fraction of sp³-hybridized carbons (Fsp3) is 0.240. The first kappa shape index (κ1) is 21.0. The predicted octanol–water partition coefficient (Wildman–Crippen LogP) is 3.35. The minimum absolute atomic E-state index is 0.0244. The summed E-state index contributed by atoms with van der Waals surface area (Å²) in [5.74, 6) is 0.951.